The summed E-state index contributed by atoms with van der Waals surface area (Å²) < 4.78 is 26.7. The van der Waals surface area contributed by atoms with Crippen LogP contribution in [-0.4, -0.2) is 20.4 Å². The summed E-state index contributed by atoms with van der Waals surface area (Å²) >= 11 is 0. The molecule has 0 heterocycles. The Kier molecular flexibility index (Phi) is 6.36. The van der Waals surface area contributed by atoms with Crippen LogP contribution in [0.15, 0.2) is 60.0 Å². The molecule has 0 aromatic heterocycles. The first kappa shape index (κ1) is 18.7. The van der Waals surface area contributed by atoms with Crippen molar-refractivity contribution < 1.29 is 13.2 Å². The Morgan fingerprint density at radius 1 is 1.08 bits per heavy atom. The van der Waals surface area contributed by atoms with Gasteiger partial charge in [-0.15, -0.1) is 0 Å². The predicted molar refractivity (Wildman–Crippen MR) is 102 cm³/mol. The van der Waals surface area contributed by atoms with E-state index in [0.29, 0.717) is 11.3 Å². The van der Waals surface area contributed by atoms with Crippen molar-refractivity contribution >= 4 is 27.7 Å². The largest absolute Gasteiger partial charge is 0.350 e. The van der Waals surface area contributed by atoms with Gasteiger partial charge in [0.2, 0.25) is 0 Å². The Morgan fingerprint density at radius 2 is 1.72 bits per heavy atom. The van der Waals surface area contributed by atoms with Crippen LogP contribution in [0.2, 0.25) is 0 Å². The summed E-state index contributed by atoms with van der Waals surface area (Å²) in [5, 5.41) is 3.98. The molecular formula is C19H22N2O3S. The minimum Gasteiger partial charge on any atom is -0.350 e. The van der Waals surface area contributed by atoms with Crippen molar-refractivity contribution in [3.8, 4) is 0 Å². The summed E-state index contributed by atoms with van der Waals surface area (Å²) in [5.41, 5.74) is 1.69. The predicted octanol–water partition coefficient (Wildman–Crippen LogP) is 3.63. The number of nitrogens with one attached hydrogen (secondary N) is 2. The van der Waals surface area contributed by atoms with Crippen molar-refractivity contribution in [3.63, 3.8) is 0 Å². The second-order valence-electron chi connectivity index (χ2n) is 5.72. The van der Waals surface area contributed by atoms with E-state index in [1.165, 1.54) is 6.08 Å². The minimum atomic E-state index is -3.62. The Balaban J connectivity index is 2.02. The van der Waals surface area contributed by atoms with Crippen LogP contribution in [0.5, 0.6) is 0 Å². The van der Waals surface area contributed by atoms with E-state index in [4.69, 9.17) is 0 Å². The molecule has 5 nitrogen and oxygen atoms in total. The first-order chi connectivity index (χ1) is 11.9. The molecule has 0 fully saturated rings. The van der Waals surface area contributed by atoms with Gasteiger partial charge in [0, 0.05) is 17.3 Å². The molecule has 1 atom stereocenters. The van der Waals surface area contributed by atoms with Gasteiger partial charge in [-0.05, 0) is 49.2 Å². The van der Waals surface area contributed by atoms with E-state index in [2.05, 4.69) is 10.0 Å². The van der Waals surface area contributed by atoms with Crippen molar-refractivity contribution in [2.24, 2.45) is 0 Å². The highest BCUT2D eigenvalue weighted by Crippen LogP contribution is 2.13. The number of carbonyl (C=O) groups excluding carboxylic acids is 1. The van der Waals surface area contributed by atoms with Gasteiger partial charge in [-0.3, -0.25) is 9.52 Å². The topological polar surface area (TPSA) is 75.3 Å². The average Bonchev–Trinajstić information content (AvgIpc) is 2.61. The lowest BCUT2D eigenvalue weighted by Crippen LogP contribution is -2.31. The molecule has 0 bridgehead atoms. The molecule has 0 aliphatic carbocycles. The van der Waals surface area contributed by atoms with E-state index in [0.717, 1.165) is 17.4 Å². The zero-order valence-electron chi connectivity index (χ0n) is 14.3. The van der Waals surface area contributed by atoms with Crippen LogP contribution in [0.3, 0.4) is 0 Å². The smallest absolute Gasteiger partial charge is 0.255 e. The first-order valence-corrected chi connectivity index (χ1v) is 9.61. The van der Waals surface area contributed by atoms with Crippen LogP contribution >= 0.6 is 0 Å². The molecule has 0 saturated carbocycles. The maximum atomic E-state index is 12.1. The number of sulfonamides is 1. The monoisotopic (exact) mass is 358 g/mol. The lowest BCUT2D eigenvalue weighted by molar-refractivity contribution is 0.0939. The highest BCUT2D eigenvalue weighted by Gasteiger charge is 2.10. The summed E-state index contributed by atoms with van der Waals surface area (Å²) in [7, 11) is -3.62. The summed E-state index contributed by atoms with van der Waals surface area (Å²) in [5.74, 6) is -0.173. The Bertz CT molecular complexity index is 829. The summed E-state index contributed by atoms with van der Waals surface area (Å²) in [6, 6.07) is 15.6. The molecule has 0 spiro atoms. The molecule has 0 aliphatic rings. The fraction of sp³-hybridized carbons (Fsp3) is 0.211. The van der Waals surface area contributed by atoms with Crippen LogP contribution in [0.25, 0.3) is 6.08 Å². The van der Waals surface area contributed by atoms with E-state index in [-0.39, 0.29) is 11.9 Å². The van der Waals surface area contributed by atoms with Gasteiger partial charge in [-0.25, -0.2) is 8.42 Å². The number of anilines is 1. The fourth-order valence-electron chi connectivity index (χ4n) is 2.03. The molecule has 2 aromatic carbocycles. The molecule has 2 aromatic rings. The lowest BCUT2D eigenvalue weighted by Gasteiger charge is -2.11. The van der Waals surface area contributed by atoms with Crippen molar-refractivity contribution in [1.29, 1.82) is 0 Å². The maximum Gasteiger partial charge on any atom is 0.255 e. The van der Waals surface area contributed by atoms with Gasteiger partial charge in [0.05, 0.1) is 5.41 Å². The molecule has 2 N–H and O–H groups in total. The molecular weight excluding hydrogens is 336 g/mol. The van der Waals surface area contributed by atoms with Gasteiger partial charge >= 0.3 is 0 Å². The normalized spacial score (nSPS) is 12.7. The molecule has 1 unspecified atom stereocenters. The Morgan fingerprint density at radius 3 is 2.32 bits per heavy atom. The van der Waals surface area contributed by atoms with Crippen LogP contribution in [0.4, 0.5) is 5.69 Å². The molecule has 0 radical (unpaired) electrons. The number of rotatable bonds is 7. The van der Waals surface area contributed by atoms with Crippen LogP contribution in [0.1, 0.15) is 36.2 Å². The van der Waals surface area contributed by atoms with Crippen molar-refractivity contribution in [1.82, 2.24) is 5.32 Å². The van der Waals surface area contributed by atoms with Crippen LogP contribution < -0.4 is 10.0 Å². The van der Waals surface area contributed by atoms with E-state index in [1.807, 2.05) is 44.2 Å². The van der Waals surface area contributed by atoms with E-state index in [1.54, 1.807) is 24.3 Å². The van der Waals surface area contributed by atoms with Crippen LogP contribution in [0, 0.1) is 0 Å². The molecule has 132 valence electrons. The average molecular weight is 358 g/mol. The third kappa shape index (κ3) is 6.08. The summed E-state index contributed by atoms with van der Waals surface area (Å²) in [6.07, 6.45) is 2.37. The standard InChI is InChI=1S/C19H22N2O3S/c1-3-15(2)20-19(22)17-9-11-18(12-10-17)21-25(23,24)14-13-16-7-5-4-6-8-16/h4-15,21H,3H2,1-2H3,(H,20,22)/b14-13+. The number of carbonyl (C=O) groups is 1. The fourth-order valence-corrected chi connectivity index (χ4v) is 2.90. The van der Waals surface area contributed by atoms with Crippen molar-refractivity contribution in [2.75, 3.05) is 4.72 Å². The summed E-state index contributed by atoms with van der Waals surface area (Å²) in [6.45, 7) is 3.92. The second kappa shape index (κ2) is 8.48. The second-order valence-corrected chi connectivity index (χ2v) is 7.29. The molecule has 6 heteroatoms. The number of amides is 1. The zero-order chi connectivity index (χ0) is 18.3. The number of hydrogen-bond donors (Lipinski definition) is 2. The number of benzene rings is 2. The lowest BCUT2D eigenvalue weighted by atomic mass is 10.1. The van der Waals surface area contributed by atoms with Crippen molar-refractivity contribution in [2.45, 2.75) is 26.3 Å². The third-order valence-electron chi connectivity index (χ3n) is 3.64. The van der Waals surface area contributed by atoms with Crippen LogP contribution in [-0.2, 0) is 10.0 Å². The quantitative estimate of drug-likeness (QED) is 0.794. The Hall–Kier alpha value is -2.60. The first-order valence-electron chi connectivity index (χ1n) is 8.06. The van der Waals surface area contributed by atoms with Gasteiger partial charge in [-0.2, -0.15) is 0 Å². The third-order valence-corrected chi connectivity index (χ3v) is 4.65. The molecule has 25 heavy (non-hydrogen) atoms. The molecule has 0 aliphatic heterocycles. The molecule has 2 rings (SSSR count). The van der Waals surface area contributed by atoms with E-state index in [9.17, 15) is 13.2 Å². The van der Waals surface area contributed by atoms with Gasteiger partial charge in [-0.1, -0.05) is 37.3 Å². The highest BCUT2D eigenvalue weighted by atomic mass is 32.2. The van der Waals surface area contributed by atoms with Gasteiger partial charge < -0.3 is 5.32 Å². The van der Waals surface area contributed by atoms with E-state index < -0.39 is 10.0 Å². The zero-order valence-corrected chi connectivity index (χ0v) is 15.1. The Labute approximate surface area is 148 Å². The minimum absolute atomic E-state index is 0.0915. The maximum absolute atomic E-state index is 12.1. The van der Waals surface area contributed by atoms with Crippen molar-refractivity contribution in [3.05, 3.63) is 71.1 Å². The molecule has 0 saturated heterocycles. The summed E-state index contributed by atoms with van der Waals surface area (Å²) in [4.78, 5) is 12.0. The highest BCUT2D eigenvalue weighted by molar-refractivity contribution is 7.95. The van der Waals surface area contributed by atoms with E-state index >= 15 is 0 Å². The molecule has 1 amide bonds. The SMILES string of the molecule is CCC(C)NC(=O)c1ccc(NS(=O)(=O)/C=C/c2ccccc2)cc1. The van der Waals surface area contributed by atoms with Gasteiger partial charge in [0.1, 0.15) is 0 Å². The van der Waals surface area contributed by atoms with Gasteiger partial charge in [0.25, 0.3) is 15.9 Å². The number of hydrogen-bond acceptors (Lipinski definition) is 3. The van der Waals surface area contributed by atoms with Gasteiger partial charge in [0.15, 0.2) is 0 Å².